The Balaban J connectivity index is 2.75. The molecule has 3 N–H and O–H groups in total. The van der Waals surface area contributed by atoms with E-state index in [-0.39, 0.29) is 12.2 Å². The molecule has 1 unspecified atom stereocenters. The lowest BCUT2D eigenvalue weighted by atomic mass is 10.0. The molecule has 19 heavy (non-hydrogen) atoms. The van der Waals surface area contributed by atoms with Gasteiger partial charge in [-0.3, -0.25) is 0 Å². The summed E-state index contributed by atoms with van der Waals surface area (Å²) in [6.07, 6.45) is 1.07. The molecule has 0 fully saturated rings. The first kappa shape index (κ1) is 13.6. The molecular formula is C14H17NO4. The van der Waals surface area contributed by atoms with Gasteiger partial charge in [-0.15, -0.1) is 0 Å². The van der Waals surface area contributed by atoms with E-state index in [1.54, 1.807) is 32.2 Å². The molecule has 0 radical (unpaired) electrons. The van der Waals surface area contributed by atoms with E-state index in [0.29, 0.717) is 23.1 Å². The van der Waals surface area contributed by atoms with Crippen molar-refractivity contribution < 1.29 is 20.1 Å². The maximum Gasteiger partial charge on any atom is 0.335 e. The third kappa shape index (κ3) is 2.34. The summed E-state index contributed by atoms with van der Waals surface area (Å²) in [6.45, 7) is 3.78. The number of aromatic carboxylic acids is 1. The van der Waals surface area contributed by atoms with E-state index in [1.165, 1.54) is 0 Å². The van der Waals surface area contributed by atoms with Crippen molar-refractivity contribution in [2.45, 2.75) is 26.5 Å². The Morgan fingerprint density at radius 2 is 2.11 bits per heavy atom. The molecule has 0 aliphatic heterocycles. The van der Waals surface area contributed by atoms with Crippen LogP contribution in [0.1, 0.15) is 34.5 Å². The molecule has 1 aromatic heterocycles. The summed E-state index contributed by atoms with van der Waals surface area (Å²) in [5.41, 5.74) is 2.39. The zero-order valence-electron chi connectivity index (χ0n) is 10.9. The van der Waals surface area contributed by atoms with Gasteiger partial charge in [-0.2, -0.15) is 0 Å². The minimum Gasteiger partial charge on any atom is -0.478 e. The first-order chi connectivity index (χ1) is 8.95. The fourth-order valence-corrected chi connectivity index (χ4v) is 2.32. The molecule has 0 saturated heterocycles. The van der Waals surface area contributed by atoms with Crippen molar-refractivity contribution in [3.63, 3.8) is 0 Å². The van der Waals surface area contributed by atoms with E-state index in [0.717, 1.165) is 5.52 Å². The van der Waals surface area contributed by atoms with Crippen LogP contribution in [-0.4, -0.2) is 32.5 Å². The van der Waals surface area contributed by atoms with Crippen LogP contribution in [0.3, 0.4) is 0 Å². The van der Waals surface area contributed by atoms with Crippen LogP contribution in [0.5, 0.6) is 0 Å². The number of fused-ring (bicyclic) bond motifs is 1. The third-order valence-corrected chi connectivity index (χ3v) is 3.28. The quantitative estimate of drug-likeness (QED) is 0.784. The van der Waals surface area contributed by atoms with Crippen molar-refractivity contribution >= 4 is 16.9 Å². The first-order valence-corrected chi connectivity index (χ1v) is 6.11. The number of carboxylic acids is 1. The molecule has 0 bridgehead atoms. The van der Waals surface area contributed by atoms with Gasteiger partial charge in [0, 0.05) is 29.2 Å². The van der Waals surface area contributed by atoms with Gasteiger partial charge in [0.15, 0.2) is 0 Å². The smallest absolute Gasteiger partial charge is 0.335 e. The van der Waals surface area contributed by atoms with Crippen LogP contribution in [0, 0.1) is 6.92 Å². The molecular weight excluding hydrogens is 246 g/mol. The lowest BCUT2D eigenvalue weighted by Gasteiger charge is -2.06. The number of aliphatic hydroxyl groups is 2. The van der Waals surface area contributed by atoms with Crippen LogP contribution >= 0.6 is 0 Å². The second kappa shape index (κ2) is 5.03. The van der Waals surface area contributed by atoms with Crippen molar-refractivity contribution in [2.24, 2.45) is 0 Å². The summed E-state index contributed by atoms with van der Waals surface area (Å²) in [5, 5.41) is 28.7. The number of aliphatic hydroxyl groups excluding tert-OH is 2. The Morgan fingerprint density at radius 1 is 1.42 bits per heavy atom. The zero-order chi connectivity index (χ0) is 14.2. The van der Waals surface area contributed by atoms with Crippen LogP contribution in [0.2, 0.25) is 0 Å². The van der Waals surface area contributed by atoms with Crippen LogP contribution in [0.15, 0.2) is 18.3 Å². The summed E-state index contributed by atoms with van der Waals surface area (Å²) in [7, 11) is 0. The number of carbonyl (C=O) groups is 1. The Labute approximate surface area is 110 Å². The third-order valence-electron chi connectivity index (χ3n) is 3.28. The maximum absolute atomic E-state index is 11.2. The van der Waals surface area contributed by atoms with Gasteiger partial charge in [0.25, 0.3) is 0 Å². The molecule has 0 aliphatic rings. The molecule has 0 amide bonds. The van der Waals surface area contributed by atoms with Gasteiger partial charge in [0.2, 0.25) is 0 Å². The molecule has 5 heteroatoms. The number of benzene rings is 1. The van der Waals surface area contributed by atoms with E-state index in [1.807, 2.05) is 4.57 Å². The number of aromatic nitrogens is 1. The van der Waals surface area contributed by atoms with E-state index in [4.69, 9.17) is 10.2 Å². The van der Waals surface area contributed by atoms with Gasteiger partial charge < -0.3 is 19.9 Å². The Hall–Kier alpha value is -1.85. The van der Waals surface area contributed by atoms with Crippen LogP contribution < -0.4 is 0 Å². The van der Waals surface area contributed by atoms with Gasteiger partial charge in [-0.05, 0) is 31.5 Å². The van der Waals surface area contributed by atoms with E-state index < -0.39 is 12.1 Å². The van der Waals surface area contributed by atoms with Crippen molar-refractivity contribution in [3.8, 4) is 0 Å². The first-order valence-electron chi connectivity index (χ1n) is 6.11. The zero-order valence-corrected chi connectivity index (χ0v) is 10.9. The summed E-state index contributed by atoms with van der Waals surface area (Å²) < 4.78 is 1.83. The molecule has 2 aromatic rings. The van der Waals surface area contributed by atoms with Crippen molar-refractivity contribution in [1.29, 1.82) is 0 Å². The van der Waals surface area contributed by atoms with Crippen LogP contribution in [0.25, 0.3) is 10.9 Å². The normalized spacial score (nSPS) is 12.8. The van der Waals surface area contributed by atoms with E-state index in [2.05, 4.69) is 0 Å². The largest absolute Gasteiger partial charge is 0.478 e. The molecule has 1 heterocycles. The molecule has 0 saturated carbocycles. The van der Waals surface area contributed by atoms with E-state index in [9.17, 15) is 9.90 Å². The average Bonchev–Trinajstić information content (AvgIpc) is 2.67. The number of nitrogens with zero attached hydrogens (tertiary/aromatic N) is 1. The van der Waals surface area contributed by atoms with Crippen LogP contribution in [0.4, 0.5) is 0 Å². The van der Waals surface area contributed by atoms with Gasteiger partial charge in [0.1, 0.15) is 0 Å². The Morgan fingerprint density at radius 3 is 2.63 bits per heavy atom. The number of aryl methyl sites for hydroxylation is 1. The Bertz CT molecular complexity index is 628. The van der Waals surface area contributed by atoms with Gasteiger partial charge >= 0.3 is 5.97 Å². The highest BCUT2D eigenvalue weighted by molar-refractivity contribution is 5.96. The average molecular weight is 263 g/mol. The molecule has 0 aliphatic carbocycles. The molecule has 1 aromatic carbocycles. The highest BCUT2D eigenvalue weighted by atomic mass is 16.4. The van der Waals surface area contributed by atoms with Crippen molar-refractivity contribution in [2.75, 3.05) is 6.61 Å². The highest BCUT2D eigenvalue weighted by Gasteiger charge is 2.16. The molecule has 102 valence electrons. The Kier molecular flexibility index (Phi) is 3.59. The van der Waals surface area contributed by atoms with Crippen molar-refractivity contribution in [1.82, 2.24) is 4.57 Å². The lowest BCUT2D eigenvalue weighted by Crippen LogP contribution is -2.02. The minimum atomic E-state index is -0.981. The molecule has 5 nitrogen and oxygen atoms in total. The van der Waals surface area contributed by atoms with Crippen LogP contribution in [-0.2, 0) is 6.54 Å². The molecule has 1 atom stereocenters. The number of carboxylic acid groups (broad SMARTS) is 1. The molecule has 0 spiro atoms. The van der Waals surface area contributed by atoms with Gasteiger partial charge in [-0.25, -0.2) is 4.79 Å². The minimum absolute atomic E-state index is 0.0112. The fourth-order valence-electron chi connectivity index (χ4n) is 2.32. The SMILES string of the molecule is Cc1cc2c(cc1C(=O)O)c(C(C)O)cn2CCO. The predicted octanol–water partition coefficient (Wildman–Crippen LogP) is 1.69. The summed E-state index contributed by atoms with van der Waals surface area (Å²) in [6, 6.07) is 3.36. The summed E-state index contributed by atoms with van der Waals surface area (Å²) >= 11 is 0. The summed E-state index contributed by atoms with van der Waals surface area (Å²) in [4.78, 5) is 11.2. The number of hydrogen-bond acceptors (Lipinski definition) is 3. The topological polar surface area (TPSA) is 82.7 Å². The second-order valence-corrected chi connectivity index (χ2v) is 4.67. The standard InChI is InChI=1S/C14H17NO4/c1-8-5-13-11(6-10(8)14(18)19)12(9(2)17)7-15(13)3-4-16/h5-7,9,16-17H,3-4H2,1-2H3,(H,18,19). The summed E-state index contributed by atoms with van der Waals surface area (Å²) in [5.74, 6) is -0.981. The van der Waals surface area contributed by atoms with Gasteiger partial charge in [0.05, 0.1) is 18.3 Å². The van der Waals surface area contributed by atoms with Crippen molar-refractivity contribution in [3.05, 3.63) is 35.0 Å². The number of rotatable bonds is 4. The second-order valence-electron chi connectivity index (χ2n) is 4.67. The van der Waals surface area contributed by atoms with E-state index >= 15 is 0 Å². The van der Waals surface area contributed by atoms with Gasteiger partial charge in [-0.1, -0.05) is 0 Å². The predicted molar refractivity (Wildman–Crippen MR) is 71.4 cm³/mol. The maximum atomic E-state index is 11.2. The highest BCUT2D eigenvalue weighted by Crippen LogP contribution is 2.29. The lowest BCUT2D eigenvalue weighted by molar-refractivity contribution is 0.0696. The fraction of sp³-hybridized carbons (Fsp3) is 0.357. The molecule has 2 rings (SSSR count). The monoisotopic (exact) mass is 263 g/mol. The number of hydrogen-bond donors (Lipinski definition) is 3.